The molecule has 3 saturated carbocycles. The van der Waals surface area contributed by atoms with Crippen LogP contribution < -0.4 is 5.32 Å². The third kappa shape index (κ3) is 4.16. The monoisotopic (exact) mass is 415 g/mol. The Bertz CT molecular complexity index is 645. The molecular formula is C25H41N3O2. The molecule has 2 aliphatic heterocycles. The smallest absolute Gasteiger partial charge is 0.228 e. The van der Waals surface area contributed by atoms with Crippen LogP contribution in [0.15, 0.2) is 0 Å². The number of carbonyl (C=O) groups is 2. The van der Waals surface area contributed by atoms with Gasteiger partial charge in [0.05, 0.1) is 0 Å². The molecule has 5 fully saturated rings. The molecule has 5 rings (SSSR count). The molecule has 30 heavy (non-hydrogen) atoms. The van der Waals surface area contributed by atoms with Crippen molar-refractivity contribution in [2.75, 3.05) is 32.7 Å². The van der Waals surface area contributed by atoms with Crippen molar-refractivity contribution >= 4 is 11.8 Å². The molecule has 0 spiro atoms. The van der Waals surface area contributed by atoms with Crippen molar-refractivity contribution in [3.05, 3.63) is 0 Å². The first-order chi connectivity index (χ1) is 14.5. The quantitative estimate of drug-likeness (QED) is 0.768. The van der Waals surface area contributed by atoms with Gasteiger partial charge in [-0.2, -0.15) is 0 Å². The van der Waals surface area contributed by atoms with Crippen molar-refractivity contribution in [3.63, 3.8) is 0 Å². The lowest BCUT2D eigenvalue weighted by molar-refractivity contribution is -0.145. The molecule has 2 saturated heterocycles. The van der Waals surface area contributed by atoms with Gasteiger partial charge in [-0.3, -0.25) is 9.59 Å². The highest BCUT2D eigenvalue weighted by atomic mass is 16.2. The SMILES string of the molecule is CC1(C(=O)N2CCN(C(=O)C3CCC(C4CNC5CCCCC5C4)CC3)CC2)CC1. The predicted octanol–water partition coefficient (Wildman–Crippen LogP) is 3.43. The van der Waals surface area contributed by atoms with E-state index in [0.717, 1.165) is 75.7 Å². The van der Waals surface area contributed by atoms with Crippen LogP contribution in [0, 0.1) is 29.1 Å². The van der Waals surface area contributed by atoms with Crippen LogP contribution in [-0.2, 0) is 9.59 Å². The molecule has 5 heteroatoms. The van der Waals surface area contributed by atoms with Crippen LogP contribution in [0.4, 0.5) is 0 Å². The number of piperazine rings is 1. The number of nitrogens with one attached hydrogen (secondary N) is 1. The number of hydrogen-bond acceptors (Lipinski definition) is 3. The molecule has 0 bridgehead atoms. The van der Waals surface area contributed by atoms with Crippen molar-refractivity contribution in [2.45, 2.75) is 83.6 Å². The normalized spacial score (nSPS) is 38.6. The second kappa shape index (κ2) is 8.44. The Morgan fingerprint density at radius 2 is 1.47 bits per heavy atom. The zero-order chi connectivity index (χ0) is 20.7. The molecule has 2 amide bonds. The Hall–Kier alpha value is -1.10. The second-order valence-electron chi connectivity index (χ2n) is 11.3. The molecular weight excluding hydrogens is 374 g/mol. The Labute approximate surface area is 182 Å². The first kappa shape index (κ1) is 20.8. The van der Waals surface area contributed by atoms with Gasteiger partial charge in [-0.05, 0) is 82.1 Å². The average molecular weight is 416 g/mol. The molecule has 168 valence electrons. The maximum Gasteiger partial charge on any atom is 0.228 e. The first-order valence-corrected chi connectivity index (χ1v) is 12.8. The summed E-state index contributed by atoms with van der Waals surface area (Å²) in [5, 5.41) is 3.87. The van der Waals surface area contributed by atoms with E-state index in [1.807, 2.05) is 4.90 Å². The lowest BCUT2D eigenvalue weighted by Gasteiger charge is -2.44. The Morgan fingerprint density at radius 3 is 2.17 bits per heavy atom. The lowest BCUT2D eigenvalue weighted by Crippen LogP contribution is -2.53. The van der Waals surface area contributed by atoms with Crippen molar-refractivity contribution < 1.29 is 9.59 Å². The molecule has 0 aromatic heterocycles. The lowest BCUT2D eigenvalue weighted by atomic mass is 9.68. The summed E-state index contributed by atoms with van der Waals surface area (Å²) >= 11 is 0. The number of piperidine rings is 1. The molecule has 0 radical (unpaired) electrons. The van der Waals surface area contributed by atoms with E-state index in [-0.39, 0.29) is 11.3 Å². The van der Waals surface area contributed by atoms with Gasteiger partial charge in [0.15, 0.2) is 0 Å². The maximum absolute atomic E-state index is 13.1. The van der Waals surface area contributed by atoms with Crippen molar-refractivity contribution in [3.8, 4) is 0 Å². The summed E-state index contributed by atoms with van der Waals surface area (Å²) in [5.74, 6) is 3.47. The third-order valence-corrected chi connectivity index (χ3v) is 9.34. The highest BCUT2D eigenvalue weighted by Gasteiger charge is 2.47. The standard InChI is InChI=1S/C25H41N3O2/c1-25(10-11-25)24(30)28-14-12-27(13-15-28)23(29)19-8-6-18(7-9-19)21-16-20-4-2-3-5-22(20)26-17-21/h18-22,26H,2-17H2,1H3. The largest absolute Gasteiger partial charge is 0.339 e. The third-order valence-electron chi connectivity index (χ3n) is 9.34. The van der Waals surface area contributed by atoms with Gasteiger partial charge in [0.1, 0.15) is 0 Å². The summed E-state index contributed by atoms with van der Waals surface area (Å²) in [5.41, 5.74) is -0.0871. The molecule has 1 N–H and O–H groups in total. The van der Waals surface area contributed by atoms with Crippen LogP contribution in [0.3, 0.4) is 0 Å². The highest BCUT2D eigenvalue weighted by Crippen LogP contribution is 2.46. The van der Waals surface area contributed by atoms with E-state index in [1.54, 1.807) is 0 Å². The Kier molecular flexibility index (Phi) is 5.85. The predicted molar refractivity (Wildman–Crippen MR) is 118 cm³/mol. The molecule has 0 aromatic rings. The summed E-state index contributed by atoms with van der Waals surface area (Å²) in [7, 11) is 0. The number of carbonyl (C=O) groups excluding carboxylic acids is 2. The maximum atomic E-state index is 13.1. The zero-order valence-electron chi connectivity index (χ0n) is 18.9. The van der Waals surface area contributed by atoms with E-state index in [0.29, 0.717) is 11.8 Å². The van der Waals surface area contributed by atoms with Crippen LogP contribution in [0.2, 0.25) is 0 Å². The number of rotatable bonds is 3. The minimum absolute atomic E-state index is 0.0871. The fourth-order valence-electron chi connectivity index (χ4n) is 6.90. The van der Waals surface area contributed by atoms with Crippen LogP contribution >= 0.6 is 0 Å². The molecule has 5 nitrogen and oxygen atoms in total. The van der Waals surface area contributed by atoms with Crippen LogP contribution in [-0.4, -0.2) is 60.4 Å². The van der Waals surface area contributed by atoms with E-state index < -0.39 is 0 Å². The van der Waals surface area contributed by atoms with Crippen molar-refractivity contribution in [2.24, 2.45) is 29.1 Å². The minimum Gasteiger partial charge on any atom is -0.339 e. The van der Waals surface area contributed by atoms with Gasteiger partial charge in [0.25, 0.3) is 0 Å². The minimum atomic E-state index is -0.0871. The molecule has 2 heterocycles. The van der Waals surface area contributed by atoms with E-state index in [2.05, 4.69) is 17.1 Å². The Balaban J connectivity index is 1.07. The van der Waals surface area contributed by atoms with Gasteiger partial charge in [0, 0.05) is 43.6 Å². The summed E-state index contributed by atoms with van der Waals surface area (Å²) < 4.78 is 0. The van der Waals surface area contributed by atoms with Gasteiger partial charge in [-0.15, -0.1) is 0 Å². The van der Waals surface area contributed by atoms with Crippen molar-refractivity contribution in [1.29, 1.82) is 0 Å². The zero-order valence-corrected chi connectivity index (χ0v) is 18.9. The van der Waals surface area contributed by atoms with Gasteiger partial charge in [-0.1, -0.05) is 19.8 Å². The summed E-state index contributed by atoms with van der Waals surface area (Å²) in [6, 6.07) is 0.793. The Morgan fingerprint density at radius 1 is 0.800 bits per heavy atom. The topological polar surface area (TPSA) is 52.7 Å². The molecule has 3 aliphatic carbocycles. The van der Waals surface area contributed by atoms with Crippen LogP contribution in [0.5, 0.6) is 0 Å². The van der Waals surface area contributed by atoms with Gasteiger partial charge < -0.3 is 15.1 Å². The van der Waals surface area contributed by atoms with Crippen molar-refractivity contribution in [1.82, 2.24) is 15.1 Å². The van der Waals surface area contributed by atoms with E-state index in [4.69, 9.17) is 0 Å². The number of fused-ring (bicyclic) bond motifs is 1. The van der Waals surface area contributed by atoms with E-state index >= 15 is 0 Å². The average Bonchev–Trinajstić information content (AvgIpc) is 3.56. The second-order valence-corrected chi connectivity index (χ2v) is 11.3. The number of nitrogens with zero attached hydrogens (tertiary/aromatic N) is 2. The van der Waals surface area contributed by atoms with Gasteiger partial charge in [-0.25, -0.2) is 0 Å². The highest BCUT2D eigenvalue weighted by molar-refractivity contribution is 5.85. The van der Waals surface area contributed by atoms with E-state index in [9.17, 15) is 9.59 Å². The molecule has 5 aliphatic rings. The molecule has 0 aromatic carbocycles. The number of amides is 2. The fourth-order valence-corrected chi connectivity index (χ4v) is 6.90. The van der Waals surface area contributed by atoms with Gasteiger partial charge >= 0.3 is 0 Å². The molecule has 3 unspecified atom stereocenters. The van der Waals surface area contributed by atoms with Gasteiger partial charge in [0.2, 0.25) is 11.8 Å². The summed E-state index contributed by atoms with van der Waals surface area (Å²) in [4.78, 5) is 29.7. The van der Waals surface area contributed by atoms with E-state index in [1.165, 1.54) is 51.5 Å². The first-order valence-electron chi connectivity index (χ1n) is 12.8. The number of hydrogen-bond donors (Lipinski definition) is 1. The summed E-state index contributed by atoms with van der Waals surface area (Å²) in [6.07, 6.45) is 13.8. The fraction of sp³-hybridized carbons (Fsp3) is 0.920. The van der Waals surface area contributed by atoms with Crippen LogP contribution in [0.1, 0.15) is 77.6 Å². The van der Waals surface area contributed by atoms with Crippen LogP contribution in [0.25, 0.3) is 0 Å². The summed E-state index contributed by atoms with van der Waals surface area (Å²) in [6.45, 7) is 6.21. The molecule has 3 atom stereocenters.